The van der Waals surface area contributed by atoms with Gasteiger partial charge < -0.3 is 19.9 Å². The highest BCUT2D eigenvalue weighted by molar-refractivity contribution is 5.06. The molecule has 1 aromatic rings. The number of aliphatic hydroxyl groups excluding tert-OH is 2. The Hall–Kier alpha value is -0.840. The summed E-state index contributed by atoms with van der Waals surface area (Å²) in [4.78, 5) is 0. The highest BCUT2D eigenvalue weighted by atomic mass is 16.4. The first-order valence-corrected chi connectivity index (χ1v) is 6.35. The molecule has 96 valence electrons. The molecule has 0 bridgehead atoms. The summed E-state index contributed by atoms with van der Waals surface area (Å²) in [6.07, 6.45) is 4.08. The minimum Gasteiger partial charge on any atom is -0.462 e. The van der Waals surface area contributed by atoms with Gasteiger partial charge in [-0.2, -0.15) is 0 Å². The van der Waals surface area contributed by atoms with Gasteiger partial charge in [0.05, 0.1) is 12.6 Å². The van der Waals surface area contributed by atoms with E-state index >= 15 is 0 Å². The molecule has 1 saturated carbocycles. The summed E-state index contributed by atoms with van der Waals surface area (Å²) < 4.78 is 5.38. The van der Waals surface area contributed by atoms with Gasteiger partial charge in [-0.05, 0) is 43.9 Å². The normalized spacial score (nSPS) is 25.1. The van der Waals surface area contributed by atoms with Crippen LogP contribution in [0.25, 0.3) is 0 Å². The zero-order valence-corrected chi connectivity index (χ0v) is 10.1. The topological polar surface area (TPSA) is 65.6 Å². The van der Waals surface area contributed by atoms with Crippen LogP contribution in [0.3, 0.4) is 0 Å². The van der Waals surface area contributed by atoms with Gasteiger partial charge in [-0.25, -0.2) is 0 Å². The van der Waals surface area contributed by atoms with Crippen molar-refractivity contribution in [2.45, 2.75) is 44.9 Å². The second-order valence-electron chi connectivity index (χ2n) is 4.84. The molecule has 0 saturated heterocycles. The molecule has 2 atom stereocenters. The van der Waals surface area contributed by atoms with Crippen LogP contribution in [-0.4, -0.2) is 22.9 Å². The molecule has 0 aliphatic heterocycles. The predicted molar refractivity (Wildman–Crippen MR) is 64.3 cm³/mol. The smallest absolute Gasteiger partial charge is 0.129 e. The van der Waals surface area contributed by atoms with E-state index in [2.05, 4.69) is 5.32 Å². The minimum atomic E-state index is -0.111. The average Bonchev–Trinajstić information content (AvgIpc) is 2.77. The lowest BCUT2D eigenvalue weighted by Crippen LogP contribution is -2.28. The van der Waals surface area contributed by atoms with Gasteiger partial charge in [0.1, 0.15) is 18.1 Å². The van der Waals surface area contributed by atoms with Crippen LogP contribution in [-0.2, 0) is 13.2 Å². The number of furan rings is 1. The lowest BCUT2D eigenvalue weighted by Gasteiger charge is -2.25. The maximum Gasteiger partial charge on any atom is 0.129 e. The molecule has 1 heterocycles. The van der Waals surface area contributed by atoms with Gasteiger partial charge in [-0.15, -0.1) is 0 Å². The van der Waals surface area contributed by atoms with Gasteiger partial charge in [-0.3, -0.25) is 0 Å². The summed E-state index contributed by atoms with van der Waals surface area (Å²) in [6, 6.07) is 3.68. The lowest BCUT2D eigenvalue weighted by molar-refractivity contribution is 0.100. The first-order chi connectivity index (χ1) is 8.28. The van der Waals surface area contributed by atoms with Crippen LogP contribution in [0.2, 0.25) is 0 Å². The number of rotatable bonds is 5. The predicted octanol–water partition coefficient (Wildman–Crippen LogP) is 1.41. The van der Waals surface area contributed by atoms with Gasteiger partial charge in [0.15, 0.2) is 0 Å². The fourth-order valence-corrected chi connectivity index (χ4v) is 2.45. The van der Waals surface area contributed by atoms with Gasteiger partial charge in [-0.1, -0.05) is 6.42 Å². The van der Waals surface area contributed by atoms with Crippen LogP contribution in [0.15, 0.2) is 16.5 Å². The molecule has 4 nitrogen and oxygen atoms in total. The number of aliphatic hydroxyl groups is 2. The Balaban J connectivity index is 1.68. The van der Waals surface area contributed by atoms with E-state index < -0.39 is 0 Å². The maximum absolute atomic E-state index is 9.56. The summed E-state index contributed by atoms with van der Waals surface area (Å²) in [5.41, 5.74) is 0. The first-order valence-electron chi connectivity index (χ1n) is 6.35. The van der Waals surface area contributed by atoms with E-state index in [1.807, 2.05) is 6.07 Å². The molecule has 1 aliphatic carbocycles. The van der Waals surface area contributed by atoms with Crippen molar-refractivity contribution >= 4 is 0 Å². The SMILES string of the molecule is OCc1ccc(CNCC2CCCC(O)C2)o1. The van der Waals surface area contributed by atoms with E-state index in [1.54, 1.807) is 6.07 Å². The van der Waals surface area contributed by atoms with Crippen molar-refractivity contribution in [3.05, 3.63) is 23.7 Å². The molecule has 0 amide bonds. The Labute approximate surface area is 102 Å². The average molecular weight is 239 g/mol. The van der Waals surface area contributed by atoms with E-state index in [1.165, 1.54) is 6.42 Å². The molecular weight excluding hydrogens is 218 g/mol. The monoisotopic (exact) mass is 239 g/mol. The van der Waals surface area contributed by atoms with E-state index in [9.17, 15) is 5.11 Å². The number of nitrogens with one attached hydrogen (secondary N) is 1. The first kappa shape index (κ1) is 12.6. The third kappa shape index (κ3) is 3.84. The highest BCUT2D eigenvalue weighted by Gasteiger charge is 2.19. The Morgan fingerprint density at radius 2 is 2.12 bits per heavy atom. The van der Waals surface area contributed by atoms with E-state index in [4.69, 9.17) is 9.52 Å². The minimum absolute atomic E-state index is 0.0468. The van der Waals surface area contributed by atoms with Crippen LogP contribution in [0.1, 0.15) is 37.2 Å². The van der Waals surface area contributed by atoms with Gasteiger partial charge in [0.2, 0.25) is 0 Å². The molecule has 2 unspecified atom stereocenters. The zero-order chi connectivity index (χ0) is 12.1. The van der Waals surface area contributed by atoms with Crippen molar-refractivity contribution in [1.82, 2.24) is 5.32 Å². The van der Waals surface area contributed by atoms with E-state index in [0.29, 0.717) is 18.2 Å². The van der Waals surface area contributed by atoms with Crippen LogP contribution >= 0.6 is 0 Å². The van der Waals surface area contributed by atoms with Crippen molar-refractivity contribution in [3.8, 4) is 0 Å². The fourth-order valence-electron chi connectivity index (χ4n) is 2.45. The molecule has 17 heavy (non-hydrogen) atoms. The number of hydrogen-bond acceptors (Lipinski definition) is 4. The zero-order valence-electron chi connectivity index (χ0n) is 10.1. The second-order valence-corrected chi connectivity index (χ2v) is 4.84. The molecule has 1 aliphatic rings. The summed E-state index contributed by atoms with van der Waals surface area (Å²) in [5, 5.41) is 21.8. The Morgan fingerprint density at radius 1 is 1.29 bits per heavy atom. The van der Waals surface area contributed by atoms with E-state index in [-0.39, 0.29) is 12.7 Å². The fraction of sp³-hybridized carbons (Fsp3) is 0.692. The van der Waals surface area contributed by atoms with Gasteiger partial charge >= 0.3 is 0 Å². The molecule has 4 heteroatoms. The molecule has 1 fully saturated rings. The van der Waals surface area contributed by atoms with Crippen molar-refractivity contribution in [2.24, 2.45) is 5.92 Å². The maximum atomic E-state index is 9.56. The molecule has 3 N–H and O–H groups in total. The molecule has 2 rings (SSSR count). The largest absolute Gasteiger partial charge is 0.462 e. The van der Waals surface area contributed by atoms with Crippen LogP contribution in [0.4, 0.5) is 0 Å². The molecule has 1 aromatic heterocycles. The van der Waals surface area contributed by atoms with E-state index in [0.717, 1.165) is 31.6 Å². The van der Waals surface area contributed by atoms with Crippen molar-refractivity contribution in [1.29, 1.82) is 0 Å². The summed E-state index contributed by atoms with van der Waals surface area (Å²) in [7, 11) is 0. The quantitative estimate of drug-likeness (QED) is 0.727. The molecule has 0 spiro atoms. The van der Waals surface area contributed by atoms with Crippen LogP contribution in [0, 0.1) is 5.92 Å². The Morgan fingerprint density at radius 3 is 2.82 bits per heavy atom. The Kier molecular flexibility index (Phi) is 4.59. The third-order valence-corrected chi connectivity index (χ3v) is 3.36. The molecule has 0 aromatic carbocycles. The standard InChI is InChI=1S/C13H21NO3/c15-9-13-5-4-12(17-13)8-14-7-10-2-1-3-11(16)6-10/h4-5,10-11,14-16H,1-3,6-9H2. The Bertz CT molecular complexity index is 337. The highest BCUT2D eigenvalue weighted by Crippen LogP contribution is 2.23. The number of hydrogen-bond donors (Lipinski definition) is 3. The summed E-state index contributed by atoms with van der Waals surface area (Å²) >= 11 is 0. The van der Waals surface area contributed by atoms with Gasteiger partial charge in [0, 0.05) is 0 Å². The van der Waals surface area contributed by atoms with Crippen molar-refractivity contribution in [3.63, 3.8) is 0 Å². The summed E-state index contributed by atoms with van der Waals surface area (Å²) in [6.45, 7) is 1.56. The van der Waals surface area contributed by atoms with Crippen molar-refractivity contribution in [2.75, 3.05) is 6.54 Å². The molecule has 0 radical (unpaired) electrons. The summed E-state index contributed by atoms with van der Waals surface area (Å²) in [5.74, 6) is 2.03. The van der Waals surface area contributed by atoms with Crippen molar-refractivity contribution < 1.29 is 14.6 Å². The molecular formula is C13H21NO3. The lowest BCUT2D eigenvalue weighted by atomic mass is 9.87. The second kappa shape index (κ2) is 6.19. The van der Waals surface area contributed by atoms with Crippen LogP contribution in [0.5, 0.6) is 0 Å². The van der Waals surface area contributed by atoms with Gasteiger partial charge in [0.25, 0.3) is 0 Å². The van der Waals surface area contributed by atoms with Crippen LogP contribution < -0.4 is 5.32 Å². The third-order valence-electron chi connectivity index (χ3n) is 3.36.